The highest BCUT2D eigenvalue weighted by Gasteiger charge is 2.59. The summed E-state index contributed by atoms with van der Waals surface area (Å²) in [4.78, 5) is 23.4. The molecule has 5 nitrogen and oxygen atoms in total. The number of carbonyl (C=O) groups excluding carboxylic acids is 1. The van der Waals surface area contributed by atoms with Crippen LogP contribution in [0.15, 0.2) is 0 Å². The minimum atomic E-state index is -0.823. The summed E-state index contributed by atoms with van der Waals surface area (Å²) in [6.07, 6.45) is 1.12. The standard InChI is InChI=1S/C15H25NO4/c1-14(2,3)20-13(19)16-11-9(12(17)18)6-8-7-10(11)15(8,4)5/h8-11H,6-7H2,1-5H3,(H,16,19)(H,17,18)/t8-,9-,10-,11-/m1/s1. The summed E-state index contributed by atoms with van der Waals surface area (Å²) in [6, 6.07) is -0.331. The average Bonchev–Trinajstić information content (AvgIpc) is 2.25. The van der Waals surface area contributed by atoms with Crippen LogP contribution in [0.1, 0.15) is 47.5 Å². The van der Waals surface area contributed by atoms with Crippen molar-refractivity contribution in [1.82, 2.24) is 5.32 Å². The van der Waals surface area contributed by atoms with Gasteiger partial charge in [0.25, 0.3) is 0 Å². The predicted octanol–water partition coefficient (Wildman–Crippen LogP) is 2.65. The van der Waals surface area contributed by atoms with Crippen molar-refractivity contribution in [1.29, 1.82) is 0 Å². The van der Waals surface area contributed by atoms with Crippen LogP contribution < -0.4 is 5.32 Å². The number of carboxylic acids is 1. The van der Waals surface area contributed by atoms with E-state index in [0.29, 0.717) is 12.3 Å². The lowest BCUT2D eigenvalue weighted by molar-refractivity contribution is -0.161. The second-order valence-corrected chi connectivity index (χ2v) is 7.71. The summed E-state index contributed by atoms with van der Waals surface area (Å²) in [5, 5.41) is 12.2. The second-order valence-electron chi connectivity index (χ2n) is 7.71. The SMILES string of the molecule is CC(C)(C)OC(=O)N[C@H]1[C@H]2C[C@@H](C[C@H]1C(=O)O)C2(C)C. The number of hydrogen-bond donors (Lipinski definition) is 2. The van der Waals surface area contributed by atoms with Crippen LogP contribution in [0.25, 0.3) is 0 Å². The molecule has 114 valence electrons. The molecule has 3 aliphatic carbocycles. The number of alkyl carbamates (subject to hydrolysis) is 1. The first-order chi connectivity index (χ1) is 9.02. The zero-order chi connectivity index (χ0) is 15.3. The molecule has 0 aliphatic heterocycles. The maximum Gasteiger partial charge on any atom is 0.407 e. The number of hydrogen-bond acceptors (Lipinski definition) is 3. The van der Waals surface area contributed by atoms with Gasteiger partial charge in [0.05, 0.1) is 5.92 Å². The van der Waals surface area contributed by atoms with Crippen LogP contribution in [-0.2, 0) is 9.53 Å². The number of carbonyl (C=O) groups is 2. The molecule has 1 amide bonds. The molecule has 0 radical (unpaired) electrons. The second kappa shape index (κ2) is 4.64. The van der Waals surface area contributed by atoms with Crippen LogP contribution >= 0.6 is 0 Å². The fourth-order valence-corrected chi connectivity index (χ4v) is 3.70. The van der Waals surface area contributed by atoms with E-state index in [1.165, 1.54) is 0 Å². The van der Waals surface area contributed by atoms with Gasteiger partial charge in [-0.3, -0.25) is 4.79 Å². The lowest BCUT2D eigenvalue weighted by atomic mass is 9.45. The first-order valence-corrected chi connectivity index (χ1v) is 7.24. The maximum absolute atomic E-state index is 11.9. The van der Waals surface area contributed by atoms with E-state index in [0.717, 1.165) is 6.42 Å². The van der Waals surface area contributed by atoms with Crippen LogP contribution in [0.2, 0.25) is 0 Å². The molecule has 20 heavy (non-hydrogen) atoms. The molecular formula is C15H25NO4. The first-order valence-electron chi connectivity index (χ1n) is 7.24. The van der Waals surface area contributed by atoms with E-state index in [2.05, 4.69) is 19.2 Å². The number of fused-ring (bicyclic) bond motifs is 2. The summed E-state index contributed by atoms with van der Waals surface area (Å²) >= 11 is 0. The molecule has 3 aliphatic rings. The monoisotopic (exact) mass is 283 g/mol. The molecule has 3 saturated carbocycles. The van der Waals surface area contributed by atoms with Crippen LogP contribution in [0.5, 0.6) is 0 Å². The Kier molecular flexibility index (Phi) is 3.51. The molecule has 0 aromatic rings. The van der Waals surface area contributed by atoms with Crippen molar-refractivity contribution in [3.05, 3.63) is 0 Å². The van der Waals surface area contributed by atoms with Gasteiger partial charge < -0.3 is 15.2 Å². The van der Waals surface area contributed by atoms with Crippen molar-refractivity contribution in [3.63, 3.8) is 0 Å². The van der Waals surface area contributed by atoms with Crippen LogP contribution in [0.4, 0.5) is 4.79 Å². The average molecular weight is 283 g/mol. The molecule has 2 bridgehead atoms. The van der Waals surface area contributed by atoms with Gasteiger partial charge in [0, 0.05) is 6.04 Å². The Bertz CT molecular complexity index is 424. The predicted molar refractivity (Wildman–Crippen MR) is 74.3 cm³/mol. The molecule has 0 saturated heterocycles. The van der Waals surface area contributed by atoms with E-state index < -0.39 is 23.6 Å². The fourth-order valence-electron chi connectivity index (χ4n) is 3.70. The Morgan fingerprint density at radius 2 is 1.85 bits per heavy atom. The minimum Gasteiger partial charge on any atom is -0.481 e. The Morgan fingerprint density at radius 1 is 1.25 bits per heavy atom. The largest absolute Gasteiger partial charge is 0.481 e. The van der Waals surface area contributed by atoms with Crippen LogP contribution in [0, 0.1) is 23.2 Å². The number of aliphatic carboxylic acids is 1. The van der Waals surface area contributed by atoms with Gasteiger partial charge in [0.1, 0.15) is 5.60 Å². The molecule has 0 spiro atoms. The van der Waals surface area contributed by atoms with Crippen molar-refractivity contribution >= 4 is 12.1 Å². The highest BCUT2D eigenvalue weighted by atomic mass is 16.6. The lowest BCUT2D eigenvalue weighted by Gasteiger charge is -2.61. The molecular weight excluding hydrogens is 258 g/mol. The van der Waals surface area contributed by atoms with Gasteiger partial charge in [-0.1, -0.05) is 13.8 Å². The third-order valence-electron chi connectivity index (χ3n) is 4.95. The molecule has 3 fully saturated rings. The third kappa shape index (κ3) is 2.63. The van der Waals surface area contributed by atoms with Gasteiger partial charge in [-0.15, -0.1) is 0 Å². The summed E-state index contributed by atoms with van der Waals surface area (Å²) in [7, 11) is 0. The highest BCUT2D eigenvalue weighted by molar-refractivity contribution is 5.74. The number of nitrogens with one attached hydrogen (secondary N) is 1. The number of rotatable bonds is 2. The Hall–Kier alpha value is -1.26. The summed E-state index contributed by atoms with van der Waals surface area (Å²) in [6.45, 7) is 9.71. The van der Waals surface area contributed by atoms with Crippen molar-refractivity contribution in [2.24, 2.45) is 23.2 Å². The summed E-state index contributed by atoms with van der Waals surface area (Å²) < 4.78 is 5.26. The normalized spacial score (nSPS) is 34.9. The number of amides is 1. The summed E-state index contributed by atoms with van der Waals surface area (Å²) in [5.74, 6) is -0.657. The van der Waals surface area contributed by atoms with Crippen molar-refractivity contribution < 1.29 is 19.4 Å². The highest BCUT2D eigenvalue weighted by Crippen LogP contribution is 2.60. The van der Waals surface area contributed by atoms with Crippen LogP contribution in [0.3, 0.4) is 0 Å². The molecule has 5 heteroatoms. The van der Waals surface area contributed by atoms with E-state index in [-0.39, 0.29) is 17.4 Å². The molecule has 0 unspecified atom stereocenters. The smallest absolute Gasteiger partial charge is 0.407 e. The Balaban J connectivity index is 2.09. The molecule has 0 heterocycles. The van der Waals surface area contributed by atoms with Gasteiger partial charge >= 0.3 is 12.1 Å². The first kappa shape index (κ1) is 15.1. The Morgan fingerprint density at radius 3 is 2.30 bits per heavy atom. The third-order valence-corrected chi connectivity index (χ3v) is 4.95. The molecule has 4 atom stereocenters. The maximum atomic E-state index is 11.9. The molecule has 2 N–H and O–H groups in total. The zero-order valence-electron chi connectivity index (χ0n) is 12.9. The van der Waals surface area contributed by atoms with Gasteiger partial charge in [0.2, 0.25) is 0 Å². The van der Waals surface area contributed by atoms with Gasteiger partial charge in [0.15, 0.2) is 0 Å². The van der Waals surface area contributed by atoms with E-state index in [1.807, 2.05) is 0 Å². The van der Waals surface area contributed by atoms with Crippen molar-refractivity contribution in [3.8, 4) is 0 Å². The molecule has 3 rings (SSSR count). The molecule has 0 aromatic carbocycles. The van der Waals surface area contributed by atoms with Gasteiger partial charge in [-0.05, 0) is 50.9 Å². The minimum absolute atomic E-state index is 0.103. The van der Waals surface area contributed by atoms with E-state index in [1.54, 1.807) is 20.8 Å². The number of carboxylic acid groups (broad SMARTS) is 1. The topological polar surface area (TPSA) is 75.6 Å². The van der Waals surface area contributed by atoms with Crippen molar-refractivity contribution in [2.75, 3.05) is 0 Å². The van der Waals surface area contributed by atoms with Gasteiger partial charge in [-0.2, -0.15) is 0 Å². The molecule has 0 aromatic heterocycles. The number of ether oxygens (including phenoxy) is 1. The summed E-state index contributed by atoms with van der Waals surface area (Å²) in [5.41, 5.74) is -0.471. The fraction of sp³-hybridized carbons (Fsp3) is 0.867. The van der Waals surface area contributed by atoms with Crippen molar-refractivity contribution in [2.45, 2.75) is 59.1 Å². The van der Waals surface area contributed by atoms with E-state index >= 15 is 0 Å². The van der Waals surface area contributed by atoms with E-state index in [9.17, 15) is 14.7 Å². The quantitative estimate of drug-likeness (QED) is 0.817. The van der Waals surface area contributed by atoms with E-state index in [4.69, 9.17) is 4.74 Å². The zero-order valence-corrected chi connectivity index (χ0v) is 12.9. The van der Waals surface area contributed by atoms with Gasteiger partial charge in [-0.25, -0.2) is 4.79 Å². The van der Waals surface area contributed by atoms with Crippen LogP contribution in [-0.4, -0.2) is 28.8 Å². The lowest BCUT2D eigenvalue weighted by Crippen LogP contribution is -2.65. The Labute approximate surface area is 120 Å².